The summed E-state index contributed by atoms with van der Waals surface area (Å²) in [6, 6.07) is 10.2. The van der Waals surface area contributed by atoms with E-state index in [0.29, 0.717) is 13.2 Å². The van der Waals surface area contributed by atoms with E-state index in [1.54, 1.807) is 7.11 Å². The van der Waals surface area contributed by atoms with E-state index in [1.807, 2.05) is 18.2 Å². The van der Waals surface area contributed by atoms with Crippen LogP contribution in [0.4, 0.5) is 0 Å². The predicted octanol–water partition coefficient (Wildman–Crippen LogP) is 2.51. The average Bonchev–Trinajstić information content (AvgIpc) is 2.95. The van der Waals surface area contributed by atoms with Gasteiger partial charge < -0.3 is 18.9 Å². The summed E-state index contributed by atoms with van der Waals surface area (Å²) in [7, 11) is 1.73. The molecule has 1 aromatic carbocycles. The van der Waals surface area contributed by atoms with Crippen molar-refractivity contribution in [2.75, 3.05) is 13.7 Å². The van der Waals surface area contributed by atoms with Crippen LogP contribution in [0.15, 0.2) is 30.3 Å². The summed E-state index contributed by atoms with van der Waals surface area (Å²) in [5.74, 6) is 0. The third-order valence-corrected chi connectivity index (χ3v) is 4.41. The zero-order valence-corrected chi connectivity index (χ0v) is 12.1. The van der Waals surface area contributed by atoms with Crippen LogP contribution in [-0.4, -0.2) is 37.8 Å². The second kappa shape index (κ2) is 5.82. The predicted molar refractivity (Wildman–Crippen MR) is 74.3 cm³/mol. The molecular weight excluding hydrogens is 256 g/mol. The molecule has 3 rings (SSSR count). The molecule has 0 spiro atoms. The molecule has 0 saturated carbocycles. The Hall–Kier alpha value is -0.940. The van der Waals surface area contributed by atoms with Crippen molar-refractivity contribution in [1.29, 1.82) is 0 Å². The minimum Gasteiger partial charge on any atom is -0.373 e. The molecule has 2 aliphatic rings. The lowest BCUT2D eigenvalue weighted by Gasteiger charge is -2.42. The van der Waals surface area contributed by atoms with E-state index in [0.717, 1.165) is 12.8 Å². The van der Waals surface area contributed by atoms with Gasteiger partial charge in [0.2, 0.25) is 0 Å². The topological polar surface area (TPSA) is 36.9 Å². The largest absolute Gasteiger partial charge is 0.373 e. The van der Waals surface area contributed by atoms with Crippen molar-refractivity contribution in [2.45, 2.75) is 50.5 Å². The highest BCUT2D eigenvalue weighted by Gasteiger charge is 2.53. The maximum absolute atomic E-state index is 6.07. The Bertz CT molecular complexity index is 429. The average molecular weight is 278 g/mol. The fraction of sp³-hybridized carbons (Fsp3) is 0.625. The number of hydrogen-bond donors (Lipinski definition) is 0. The number of fused-ring (bicyclic) bond motifs is 2. The monoisotopic (exact) mass is 278 g/mol. The van der Waals surface area contributed by atoms with Crippen LogP contribution < -0.4 is 0 Å². The van der Waals surface area contributed by atoms with Gasteiger partial charge in [0.05, 0.1) is 19.3 Å². The van der Waals surface area contributed by atoms with Gasteiger partial charge >= 0.3 is 0 Å². The molecule has 0 amide bonds. The van der Waals surface area contributed by atoms with Gasteiger partial charge in [-0.1, -0.05) is 37.3 Å². The highest BCUT2D eigenvalue weighted by atomic mass is 16.8. The van der Waals surface area contributed by atoms with Gasteiger partial charge in [0.1, 0.15) is 11.7 Å². The van der Waals surface area contributed by atoms with E-state index >= 15 is 0 Å². The third-order valence-electron chi connectivity index (χ3n) is 4.41. The highest BCUT2D eigenvalue weighted by Crippen LogP contribution is 2.40. The van der Waals surface area contributed by atoms with E-state index in [1.165, 1.54) is 5.56 Å². The Morgan fingerprint density at radius 2 is 2.10 bits per heavy atom. The first-order valence-electron chi connectivity index (χ1n) is 7.25. The smallest absolute Gasteiger partial charge is 0.187 e. The van der Waals surface area contributed by atoms with E-state index in [9.17, 15) is 0 Å². The molecule has 2 heterocycles. The highest BCUT2D eigenvalue weighted by molar-refractivity contribution is 5.13. The van der Waals surface area contributed by atoms with Crippen molar-refractivity contribution in [2.24, 2.45) is 0 Å². The molecule has 0 aliphatic carbocycles. The van der Waals surface area contributed by atoms with Crippen molar-refractivity contribution in [1.82, 2.24) is 0 Å². The quantitative estimate of drug-likeness (QED) is 0.829. The number of methoxy groups -OCH3 is 1. The molecule has 4 heteroatoms. The van der Waals surface area contributed by atoms with Gasteiger partial charge in [-0.3, -0.25) is 0 Å². The number of rotatable bonds is 5. The Morgan fingerprint density at radius 3 is 2.80 bits per heavy atom. The second-order valence-corrected chi connectivity index (χ2v) is 5.50. The van der Waals surface area contributed by atoms with Crippen molar-refractivity contribution in [3.63, 3.8) is 0 Å². The fourth-order valence-corrected chi connectivity index (χ4v) is 3.04. The molecule has 0 aromatic heterocycles. The summed E-state index contributed by atoms with van der Waals surface area (Å²) >= 11 is 0. The fourth-order valence-electron chi connectivity index (χ4n) is 3.04. The zero-order chi connectivity index (χ0) is 14.0. The Labute approximate surface area is 120 Å². The molecule has 2 bridgehead atoms. The van der Waals surface area contributed by atoms with Crippen molar-refractivity contribution in [3.05, 3.63) is 35.9 Å². The molecule has 4 nitrogen and oxygen atoms in total. The van der Waals surface area contributed by atoms with E-state index in [-0.39, 0.29) is 24.1 Å². The maximum Gasteiger partial charge on any atom is 0.187 e. The van der Waals surface area contributed by atoms with Crippen LogP contribution in [0.1, 0.15) is 25.3 Å². The molecule has 4 atom stereocenters. The number of benzene rings is 1. The second-order valence-electron chi connectivity index (χ2n) is 5.50. The van der Waals surface area contributed by atoms with Crippen molar-refractivity contribution >= 4 is 0 Å². The summed E-state index contributed by atoms with van der Waals surface area (Å²) < 4.78 is 23.4. The standard InChI is InChI=1S/C16H22O4/c1-3-16(17-2)9-13(14-11-19-15(16)20-14)18-10-12-7-5-4-6-8-12/h4-8,13-15H,3,9-11H2,1-2H3/t13-,14+,15+,16+/m0/s1. The van der Waals surface area contributed by atoms with E-state index in [4.69, 9.17) is 18.9 Å². The van der Waals surface area contributed by atoms with Crippen molar-refractivity contribution in [3.8, 4) is 0 Å². The van der Waals surface area contributed by atoms with Gasteiger partial charge in [-0.2, -0.15) is 0 Å². The summed E-state index contributed by atoms with van der Waals surface area (Å²) in [6.45, 7) is 3.29. The Kier molecular flexibility index (Phi) is 4.08. The lowest BCUT2D eigenvalue weighted by atomic mass is 9.88. The minimum absolute atomic E-state index is 0.0221. The molecule has 20 heavy (non-hydrogen) atoms. The van der Waals surface area contributed by atoms with Crippen molar-refractivity contribution < 1.29 is 18.9 Å². The summed E-state index contributed by atoms with van der Waals surface area (Å²) in [4.78, 5) is 0. The number of ether oxygens (including phenoxy) is 4. The van der Waals surface area contributed by atoms with E-state index < -0.39 is 0 Å². The third kappa shape index (κ3) is 2.49. The summed E-state index contributed by atoms with van der Waals surface area (Å²) in [5.41, 5.74) is 0.794. The first-order chi connectivity index (χ1) is 9.77. The zero-order valence-electron chi connectivity index (χ0n) is 12.1. The summed E-state index contributed by atoms with van der Waals surface area (Å²) in [6.07, 6.45) is 1.47. The first-order valence-corrected chi connectivity index (χ1v) is 7.25. The van der Waals surface area contributed by atoms with Gasteiger partial charge in [0.25, 0.3) is 0 Å². The van der Waals surface area contributed by atoms with Crippen LogP contribution in [0.3, 0.4) is 0 Å². The Morgan fingerprint density at radius 1 is 1.30 bits per heavy atom. The normalized spacial score (nSPS) is 36.2. The van der Waals surface area contributed by atoms with Gasteiger partial charge in [0, 0.05) is 13.5 Å². The van der Waals surface area contributed by atoms with Crippen LogP contribution in [0.2, 0.25) is 0 Å². The Balaban J connectivity index is 1.67. The van der Waals surface area contributed by atoms with Crippen LogP contribution >= 0.6 is 0 Å². The van der Waals surface area contributed by atoms with Crippen LogP contribution in [0.25, 0.3) is 0 Å². The number of hydrogen-bond acceptors (Lipinski definition) is 4. The van der Waals surface area contributed by atoms with E-state index in [2.05, 4.69) is 19.1 Å². The molecule has 0 radical (unpaired) electrons. The molecule has 2 aliphatic heterocycles. The van der Waals surface area contributed by atoms with Crippen LogP contribution in [0, 0.1) is 0 Å². The van der Waals surface area contributed by atoms with Crippen LogP contribution in [-0.2, 0) is 25.6 Å². The molecule has 2 fully saturated rings. The SMILES string of the molecule is CC[C@@]1(OC)C[C@H](OCc2ccccc2)[C@H]2CO[C@@H]1O2. The lowest BCUT2D eigenvalue weighted by Crippen LogP contribution is -2.53. The molecule has 1 aromatic rings. The van der Waals surface area contributed by atoms with Gasteiger partial charge in [-0.25, -0.2) is 0 Å². The molecular formula is C16H22O4. The molecule has 2 saturated heterocycles. The van der Waals surface area contributed by atoms with Gasteiger partial charge in [-0.05, 0) is 12.0 Å². The first kappa shape index (κ1) is 14.0. The van der Waals surface area contributed by atoms with Gasteiger partial charge in [0.15, 0.2) is 6.29 Å². The minimum atomic E-state index is -0.381. The van der Waals surface area contributed by atoms with Crippen LogP contribution in [0.5, 0.6) is 0 Å². The molecule has 0 unspecified atom stereocenters. The van der Waals surface area contributed by atoms with Gasteiger partial charge in [-0.15, -0.1) is 0 Å². The molecule has 110 valence electrons. The summed E-state index contributed by atoms with van der Waals surface area (Å²) in [5, 5.41) is 0. The maximum atomic E-state index is 6.07. The lowest BCUT2D eigenvalue weighted by molar-refractivity contribution is -0.253. The molecule has 0 N–H and O–H groups in total.